The molecule has 1 aromatic heterocycles. The molecule has 0 atom stereocenters. The van der Waals surface area contributed by atoms with E-state index in [1.54, 1.807) is 6.20 Å². The van der Waals surface area contributed by atoms with Crippen molar-refractivity contribution in [1.29, 1.82) is 0 Å². The van der Waals surface area contributed by atoms with Crippen LogP contribution in [-0.4, -0.2) is 17.3 Å². The quantitative estimate of drug-likeness (QED) is 0.430. The van der Waals surface area contributed by atoms with E-state index >= 15 is 0 Å². The van der Waals surface area contributed by atoms with Crippen LogP contribution in [0.15, 0.2) is 40.8 Å². The van der Waals surface area contributed by atoms with Gasteiger partial charge in [0.1, 0.15) is 10.8 Å². The molecule has 1 aromatic carbocycles. The van der Waals surface area contributed by atoms with Crippen LogP contribution in [-0.2, 0) is 6.54 Å². The van der Waals surface area contributed by atoms with Crippen LogP contribution < -0.4 is 15.8 Å². The van der Waals surface area contributed by atoms with Crippen molar-refractivity contribution in [2.24, 2.45) is 10.7 Å². The van der Waals surface area contributed by atoms with Crippen LogP contribution in [0.3, 0.4) is 0 Å². The minimum absolute atomic E-state index is 0. The lowest BCUT2D eigenvalue weighted by Crippen LogP contribution is -2.22. The molecular formula is C12H12F3IN4OS. The molecule has 0 unspecified atom stereocenters. The number of nitrogens with one attached hydrogen (secondary N) is 1. The molecule has 0 fully saturated rings. The Morgan fingerprint density at radius 2 is 2.00 bits per heavy atom. The number of ether oxygens (including phenoxy) is 1. The van der Waals surface area contributed by atoms with E-state index in [4.69, 9.17) is 5.73 Å². The second-order valence-electron chi connectivity index (χ2n) is 3.82. The van der Waals surface area contributed by atoms with Gasteiger partial charge in [-0.2, -0.15) is 0 Å². The van der Waals surface area contributed by atoms with E-state index in [1.807, 2.05) is 5.38 Å². The van der Waals surface area contributed by atoms with Gasteiger partial charge in [-0.25, -0.2) is 9.98 Å². The fourth-order valence-corrected chi connectivity index (χ4v) is 1.95. The van der Waals surface area contributed by atoms with Crippen molar-refractivity contribution in [3.63, 3.8) is 0 Å². The predicted molar refractivity (Wildman–Crippen MR) is 89.6 cm³/mol. The Hall–Kier alpha value is -1.56. The van der Waals surface area contributed by atoms with Gasteiger partial charge in [-0.3, -0.25) is 0 Å². The highest BCUT2D eigenvalue weighted by Gasteiger charge is 2.30. The molecule has 1 heterocycles. The molecule has 0 aliphatic rings. The third kappa shape index (κ3) is 6.47. The maximum atomic E-state index is 12.0. The number of rotatable bonds is 4. The molecule has 0 aliphatic carbocycles. The van der Waals surface area contributed by atoms with Crippen LogP contribution >= 0.6 is 35.3 Å². The molecule has 0 bridgehead atoms. The number of hydrogen-bond acceptors (Lipinski definition) is 4. The van der Waals surface area contributed by atoms with Gasteiger partial charge >= 0.3 is 6.36 Å². The first-order valence-electron chi connectivity index (χ1n) is 5.73. The lowest BCUT2D eigenvalue weighted by molar-refractivity contribution is -0.274. The maximum Gasteiger partial charge on any atom is 0.573 e. The van der Waals surface area contributed by atoms with Gasteiger partial charge < -0.3 is 15.8 Å². The zero-order chi connectivity index (χ0) is 15.3. The summed E-state index contributed by atoms with van der Waals surface area (Å²) in [5.41, 5.74) is 6.17. The zero-order valence-electron chi connectivity index (χ0n) is 11.0. The molecule has 0 aliphatic heterocycles. The highest BCUT2D eigenvalue weighted by Crippen LogP contribution is 2.23. The average Bonchev–Trinajstić information content (AvgIpc) is 2.90. The molecule has 0 spiro atoms. The Kier molecular flexibility index (Phi) is 6.87. The summed E-state index contributed by atoms with van der Waals surface area (Å²) in [4.78, 5) is 8.11. The Balaban J connectivity index is 0.00000242. The zero-order valence-corrected chi connectivity index (χ0v) is 14.1. The van der Waals surface area contributed by atoms with Gasteiger partial charge in [-0.05, 0) is 24.3 Å². The fraction of sp³-hybridized carbons (Fsp3) is 0.167. The summed E-state index contributed by atoms with van der Waals surface area (Å²) in [6, 6.07) is 5.19. The first-order valence-corrected chi connectivity index (χ1v) is 6.61. The number of nitrogens with two attached hydrogens (primary N) is 1. The number of hydrogen-bond donors (Lipinski definition) is 2. The predicted octanol–water partition coefficient (Wildman–Crippen LogP) is 3.59. The lowest BCUT2D eigenvalue weighted by Gasteiger charge is -2.10. The third-order valence-corrected chi connectivity index (χ3v) is 2.99. The number of aliphatic imine (C=N–C) groups is 1. The Labute approximate surface area is 145 Å². The summed E-state index contributed by atoms with van der Waals surface area (Å²) in [6.45, 7) is 0.339. The summed E-state index contributed by atoms with van der Waals surface area (Å²) < 4.78 is 39.8. The van der Waals surface area contributed by atoms with Crippen molar-refractivity contribution in [1.82, 2.24) is 4.98 Å². The van der Waals surface area contributed by atoms with E-state index in [-0.39, 0.29) is 35.7 Å². The molecule has 10 heteroatoms. The number of anilines is 1. The van der Waals surface area contributed by atoms with Gasteiger partial charge in [-0.1, -0.05) is 0 Å². The SMILES string of the molecule is I.NC(=NCc1nccs1)Nc1ccc(OC(F)(F)F)cc1. The second kappa shape index (κ2) is 8.17. The van der Waals surface area contributed by atoms with E-state index in [2.05, 4.69) is 20.0 Å². The number of guanidine groups is 1. The standard InChI is InChI=1S/C12H11F3N4OS.HI/c13-12(14,15)20-9-3-1-8(2-4-9)19-11(16)18-7-10-17-5-6-21-10;/h1-6H,7H2,(H3,16,18,19);1H. The van der Waals surface area contributed by atoms with Gasteiger partial charge in [0.15, 0.2) is 5.96 Å². The monoisotopic (exact) mass is 444 g/mol. The van der Waals surface area contributed by atoms with Crippen LogP contribution in [0.2, 0.25) is 0 Å². The lowest BCUT2D eigenvalue weighted by atomic mass is 10.3. The average molecular weight is 444 g/mol. The van der Waals surface area contributed by atoms with Gasteiger partial charge in [0, 0.05) is 17.3 Å². The summed E-state index contributed by atoms with van der Waals surface area (Å²) in [7, 11) is 0. The molecule has 0 saturated carbocycles. The normalized spacial score (nSPS) is 11.7. The molecule has 22 heavy (non-hydrogen) atoms. The molecule has 5 nitrogen and oxygen atoms in total. The smallest absolute Gasteiger partial charge is 0.406 e. The summed E-state index contributed by atoms with van der Waals surface area (Å²) in [6.07, 6.45) is -3.04. The topological polar surface area (TPSA) is 72.5 Å². The molecule has 2 rings (SSSR count). The van der Waals surface area contributed by atoms with Crippen molar-refractivity contribution in [3.05, 3.63) is 40.8 Å². The fourth-order valence-electron chi connectivity index (χ4n) is 1.41. The van der Waals surface area contributed by atoms with Gasteiger partial charge in [0.25, 0.3) is 0 Å². The Morgan fingerprint density at radius 1 is 1.32 bits per heavy atom. The minimum Gasteiger partial charge on any atom is -0.406 e. The van der Waals surface area contributed by atoms with E-state index < -0.39 is 6.36 Å². The largest absolute Gasteiger partial charge is 0.573 e. The van der Waals surface area contributed by atoms with Crippen molar-refractivity contribution in [2.45, 2.75) is 12.9 Å². The van der Waals surface area contributed by atoms with E-state index in [1.165, 1.54) is 35.6 Å². The molecule has 120 valence electrons. The van der Waals surface area contributed by atoms with Gasteiger partial charge in [0.2, 0.25) is 0 Å². The Morgan fingerprint density at radius 3 is 2.55 bits per heavy atom. The second-order valence-corrected chi connectivity index (χ2v) is 4.80. The van der Waals surface area contributed by atoms with Gasteiger partial charge in [-0.15, -0.1) is 48.5 Å². The van der Waals surface area contributed by atoms with Crippen LogP contribution in [0.1, 0.15) is 5.01 Å². The molecule has 3 N–H and O–H groups in total. The summed E-state index contributed by atoms with van der Waals surface area (Å²) in [5.74, 6) is -0.152. The molecular weight excluding hydrogens is 432 g/mol. The number of nitrogens with zero attached hydrogens (tertiary/aromatic N) is 2. The Bertz CT molecular complexity index is 602. The molecule has 0 saturated heterocycles. The first kappa shape index (κ1) is 18.5. The van der Waals surface area contributed by atoms with E-state index in [0.29, 0.717) is 12.2 Å². The van der Waals surface area contributed by atoms with Gasteiger partial charge in [0.05, 0.1) is 6.54 Å². The summed E-state index contributed by atoms with van der Waals surface area (Å²) in [5, 5.41) is 5.40. The number of benzene rings is 1. The molecule has 0 radical (unpaired) electrons. The van der Waals surface area contributed by atoms with Crippen LogP contribution in [0, 0.1) is 0 Å². The number of thiazole rings is 1. The van der Waals surface area contributed by atoms with Crippen molar-refractivity contribution >= 4 is 47.0 Å². The third-order valence-electron chi connectivity index (χ3n) is 2.23. The number of aromatic nitrogens is 1. The minimum atomic E-state index is -4.71. The number of alkyl halides is 3. The van der Waals surface area contributed by atoms with Crippen LogP contribution in [0.5, 0.6) is 5.75 Å². The maximum absolute atomic E-state index is 12.0. The van der Waals surface area contributed by atoms with Crippen molar-refractivity contribution in [2.75, 3.05) is 5.32 Å². The van der Waals surface area contributed by atoms with Crippen molar-refractivity contribution in [3.8, 4) is 5.75 Å². The molecule has 0 amide bonds. The highest BCUT2D eigenvalue weighted by atomic mass is 127. The van der Waals surface area contributed by atoms with Crippen LogP contribution in [0.4, 0.5) is 18.9 Å². The van der Waals surface area contributed by atoms with Crippen LogP contribution in [0.25, 0.3) is 0 Å². The summed E-state index contributed by atoms with van der Waals surface area (Å²) >= 11 is 1.45. The van der Waals surface area contributed by atoms with E-state index in [9.17, 15) is 13.2 Å². The first-order chi connectivity index (χ1) is 9.92. The number of halogens is 4. The molecule has 2 aromatic rings. The van der Waals surface area contributed by atoms with E-state index in [0.717, 1.165) is 5.01 Å². The van der Waals surface area contributed by atoms with Crippen molar-refractivity contribution < 1.29 is 17.9 Å². The highest BCUT2D eigenvalue weighted by molar-refractivity contribution is 14.0.